The number of thioether (sulfide) groups is 1. The molecule has 0 spiro atoms. The summed E-state index contributed by atoms with van der Waals surface area (Å²) in [6, 6.07) is 7.77. The van der Waals surface area contributed by atoms with E-state index in [1.54, 1.807) is 4.90 Å². The van der Waals surface area contributed by atoms with Gasteiger partial charge in [-0.05, 0) is 38.3 Å². The van der Waals surface area contributed by atoms with E-state index in [9.17, 15) is 14.4 Å². The van der Waals surface area contributed by atoms with E-state index in [4.69, 9.17) is 0 Å². The van der Waals surface area contributed by atoms with E-state index in [2.05, 4.69) is 12.2 Å². The minimum Gasteiger partial charge on any atom is -0.352 e. The highest BCUT2D eigenvalue weighted by atomic mass is 32.2. The van der Waals surface area contributed by atoms with Gasteiger partial charge in [0.25, 0.3) is 0 Å². The van der Waals surface area contributed by atoms with E-state index >= 15 is 0 Å². The molecule has 1 N–H and O–H groups in total. The first kappa shape index (κ1) is 31.5. The van der Waals surface area contributed by atoms with E-state index in [1.807, 2.05) is 36.1 Å². The number of rotatable bonds is 17. The Morgan fingerprint density at radius 1 is 0.846 bits per heavy atom. The van der Waals surface area contributed by atoms with Crippen LogP contribution in [0.3, 0.4) is 0 Å². The first-order chi connectivity index (χ1) is 19.0. The van der Waals surface area contributed by atoms with Crippen LogP contribution in [-0.2, 0) is 14.4 Å². The summed E-state index contributed by atoms with van der Waals surface area (Å²) in [5, 5.41) is 2.35. The molecule has 2 heterocycles. The van der Waals surface area contributed by atoms with Crippen molar-refractivity contribution in [3.63, 3.8) is 0 Å². The van der Waals surface area contributed by atoms with E-state index < -0.39 is 5.25 Å². The number of anilines is 1. The number of piperidine rings is 1. The summed E-state index contributed by atoms with van der Waals surface area (Å²) in [6.07, 6.45) is 19.1. The van der Waals surface area contributed by atoms with Crippen molar-refractivity contribution in [3.05, 3.63) is 24.3 Å². The van der Waals surface area contributed by atoms with Gasteiger partial charge in [-0.15, -0.1) is 11.8 Å². The predicted molar refractivity (Wildman–Crippen MR) is 162 cm³/mol. The smallest absolute Gasteiger partial charge is 0.250 e. The minimum atomic E-state index is -0.755. The van der Waals surface area contributed by atoms with Crippen LogP contribution in [0.4, 0.5) is 5.69 Å². The molecule has 0 radical (unpaired) electrons. The number of carbonyl (C=O) groups excluding carboxylic acids is 3. The maximum Gasteiger partial charge on any atom is 0.250 e. The SMILES string of the molecule is CCCCCCCCCCCCCCCC(=O)N1CCC(NC(=O)C2Sc3ccccc3N(CC)C2=O)CC1. The van der Waals surface area contributed by atoms with Crippen LogP contribution >= 0.6 is 11.8 Å². The number of benzene rings is 1. The second kappa shape index (κ2) is 17.6. The molecule has 1 aromatic rings. The number of nitrogens with zero attached hydrogens (tertiary/aromatic N) is 2. The molecule has 0 aliphatic carbocycles. The zero-order chi connectivity index (χ0) is 27.9. The molecule has 1 aromatic carbocycles. The van der Waals surface area contributed by atoms with Crippen LogP contribution in [0, 0.1) is 0 Å². The molecule has 1 saturated heterocycles. The Morgan fingerprint density at radius 3 is 2.00 bits per heavy atom. The average molecular weight is 558 g/mol. The van der Waals surface area contributed by atoms with Crippen molar-refractivity contribution < 1.29 is 14.4 Å². The topological polar surface area (TPSA) is 69.7 Å². The van der Waals surface area contributed by atoms with E-state index in [0.29, 0.717) is 26.1 Å². The molecule has 1 atom stereocenters. The third kappa shape index (κ3) is 10.1. The summed E-state index contributed by atoms with van der Waals surface area (Å²) in [7, 11) is 0. The lowest BCUT2D eigenvalue weighted by atomic mass is 10.0. The number of carbonyl (C=O) groups is 3. The molecule has 1 unspecified atom stereocenters. The van der Waals surface area contributed by atoms with Gasteiger partial charge in [0.05, 0.1) is 5.69 Å². The van der Waals surface area contributed by atoms with Gasteiger partial charge in [0.15, 0.2) is 5.25 Å². The summed E-state index contributed by atoms with van der Waals surface area (Å²) in [5.41, 5.74) is 0.884. The zero-order valence-corrected chi connectivity index (χ0v) is 25.2. The highest BCUT2D eigenvalue weighted by Crippen LogP contribution is 2.39. The number of amides is 3. The van der Waals surface area contributed by atoms with Crippen LogP contribution in [0.5, 0.6) is 0 Å². The molecule has 6 nitrogen and oxygen atoms in total. The Bertz CT molecular complexity index is 900. The van der Waals surface area contributed by atoms with Crippen LogP contribution < -0.4 is 10.2 Å². The average Bonchev–Trinajstić information content (AvgIpc) is 2.95. The summed E-state index contributed by atoms with van der Waals surface area (Å²) in [4.78, 5) is 43.4. The molecule has 2 aliphatic rings. The van der Waals surface area contributed by atoms with Crippen molar-refractivity contribution in [2.45, 2.75) is 133 Å². The van der Waals surface area contributed by atoms with Crippen LogP contribution in [-0.4, -0.2) is 53.5 Å². The third-order valence-electron chi connectivity index (χ3n) is 8.13. The number of hydrogen-bond donors (Lipinski definition) is 1. The summed E-state index contributed by atoms with van der Waals surface area (Å²) >= 11 is 1.34. The predicted octanol–water partition coefficient (Wildman–Crippen LogP) is 7.10. The van der Waals surface area contributed by atoms with Gasteiger partial charge in [0, 0.05) is 37.0 Å². The maximum atomic E-state index is 13.1. The number of hydrogen-bond acceptors (Lipinski definition) is 4. The molecule has 0 aromatic heterocycles. The monoisotopic (exact) mass is 557 g/mol. The van der Waals surface area contributed by atoms with E-state index in [0.717, 1.165) is 36.3 Å². The van der Waals surface area contributed by atoms with Crippen LogP contribution in [0.1, 0.15) is 117 Å². The van der Waals surface area contributed by atoms with Crippen molar-refractivity contribution in [2.75, 3.05) is 24.5 Å². The lowest BCUT2D eigenvalue weighted by Gasteiger charge is -2.35. The van der Waals surface area contributed by atoms with Crippen LogP contribution in [0.15, 0.2) is 29.2 Å². The van der Waals surface area contributed by atoms with Crippen molar-refractivity contribution >= 4 is 35.2 Å². The second-order valence-electron chi connectivity index (χ2n) is 11.2. The number of nitrogens with one attached hydrogen (secondary N) is 1. The van der Waals surface area contributed by atoms with Crippen molar-refractivity contribution in [1.29, 1.82) is 0 Å². The van der Waals surface area contributed by atoms with Crippen LogP contribution in [0.25, 0.3) is 0 Å². The van der Waals surface area contributed by atoms with Gasteiger partial charge in [-0.25, -0.2) is 0 Å². The molecule has 218 valence electrons. The van der Waals surface area contributed by atoms with Crippen LogP contribution in [0.2, 0.25) is 0 Å². The Kier molecular flexibility index (Phi) is 14.2. The normalized spacial score (nSPS) is 17.8. The van der Waals surface area contributed by atoms with Gasteiger partial charge >= 0.3 is 0 Å². The fourth-order valence-electron chi connectivity index (χ4n) is 5.71. The molecule has 39 heavy (non-hydrogen) atoms. The number of para-hydroxylation sites is 1. The number of fused-ring (bicyclic) bond motifs is 1. The summed E-state index contributed by atoms with van der Waals surface area (Å²) in [5.74, 6) is -0.116. The molecule has 0 bridgehead atoms. The van der Waals surface area contributed by atoms with Gasteiger partial charge < -0.3 is 15.1 Å². The molecule has 3 rings (SSSR count). The van der Waals surface area contributed by atoms with Gasteiger partial charge in [-0.2, -0.15) is 0 Å². The van der Waals surface area contributed by atoms with Gasteiger partial charge in [-0.1, -0.05) is 96.1 Å². The highest BCUT2D eigenvalue weighted by Gasteiger charge is 2.38. The Morgan fingerprint density at radius 2 is 1.41 bits per heavy atom. The first-order valence-electron chi connectivity index (χ1n) is 15.7. The standard InChI is InChI=1S/C32H51N3O3S/c1-3-5-6-7-8-9-10-11-12-13-14-15-16-21-29(36)34-24-22-26(23-25-34)33-31(37)30-32(38)35(4-2)27-19-17-18-20-28(27)39-30/h17-20,26,30H,3-16,21-25H2,1-2H3,(H,33,37). The maximum absolute atomic E-state index is 13.1. The second-order valence-corrected chi connectivity index (χ2v) is 12.4. The highest BCUT2D eigenvalue weighted by molar-refractivity contribution is 8.01. The number of likely N-dealkylation sites (tertiary alicyclic amines) is 1. The summed E-state index contributed by atoms with van der Waals surface area (Å²) in [6.45, 7) is 6.10. The van der Waals surface area contributed by atoms with E-state index in [-0.39, 0.29) is 23.8 Å². The zero-order valence-electron chi connectivity index (χ0n) is 24.4. The number of unbranched alkanes of at least 4 members (excludes halogenated alkanes) is 12. The molecule has 0 saturated carbocycles. The van der Waals surface area contributed by atoms with Crippen molar-refractivity contribution in [2.24, 2.45) is 0 Å². The van der Waals surface area contributed by atoms with Gasteiger partial charge in [-0.3, -0.25) is 14.4 Å². The first-order valence-corrected chi connectivity index (χ1v) is 16.6. The Labute approximate surface area is 241 Å². The van der Waals surface area contributed by atoms with Gasteiger partial charge in [0.2, 0.25) is 17.7 Å². The Hall–Kier alpha value is -2.02. The minimum absolute atomic E-state index is 0.0125. The lowest BCUT2D eigenvalue weighted by molar-refractivity contribution is -0.132. The third-order valence-corrected chi connectivity index (χ3v) is 9.38. The molecule has 2 aliphatic heterocycles. The van der Waals surface area contributed by atoms with Gasteiger partial charge in [0.1, 0.15) is 0 Å². The fraction of sp³-hybridized carbons (Fsp3) is 0.719. The lowest BCUT2D eigenvalue weighted by Crippen LogP contribution is -2.52. The molecular weight excluding hydrogens is 506 g/mol. The van der Waals surface area contributed by atoms with Crippen molar-refractivity contribution in [1.82, 2.24) is 10.2 Å². The van der Waals surface area contributed by atoms with E-state index in [1.165, 1.54) is 82.4 Å². The van der Waals surface area contributed by atoms with Crippen molar-refractivity contribution in [3.8, 4) is 0 Å². The largest absolute Gasteiger partial charge is 0.352 e. The summed E-state index contributed by atoms with van der Waals surface area (Å²) < 4.78 is 0. The fourth-order valence-corrected chi connectivity index (χ4v) is 6.82. The molecule has 3 amide bonds. The Balaban J connectivity index is 1.25. The molecule has 1 fully saturated rings. The molecule has 7 heteroatoms. The quantitative estimate of drug-likeness (QED) is 0.164. The molecular formula is C32H51N3O3S.